The molecule has 0 saturated heterocycles. The zero-order chi connectivity index (χ0) is 23.6. The molecule has 6 aromatic rings. The molecule has 0 spiro atoms. The Morgan fingerprint density at radius 2 is 1.77 bits per heavy atom. The van der Waals surface area contributed by atoms with Crippen LogP contribution in [0.5, 0.6) is 11.5 Å². The van der Waals surface area contributed by atoms with Gasteiger partial charge in [-0.05, 0) is 42.0 Å². The molecule has 3 aromatic carbocycles. The molecule has 8 nitrogen and oxygen atoms in total. The molecule has 0 saturated carbocycles. The van der Waals surface area contributed by atoms with Crippen molar-refractivity contribution in [2.45, 2.75) is 13.1 Å². The Labute approximate surface area is 204 Å². The zero-order valence-corrected chi connectivity index (χ0v) is 19.4. The third-order valence-electron chi connectivity index (χ3n) is 5.47. The third kappa shape index (κ3) is 4.49. The van der Waals surface area contributed by atoms with Crippen LogP contribution >= 0.6 is 11.3 Å². The van der Waals surface area contributed by atoms with Crippen LogP contribution < -0.4 is 10.1 Å². The monoisotopic (exact) mass is 480 g/mol. The van der Waals surface area contributed by atoms with Crippen LogP contribution in [0.25, 0.3) is 15.2 Å². The molecule has 1 amide bonds. The van der Waals surface area contributed by atoms with Crippen LogP contribution in [0, 0.1) is 0 Å². The zero-order valence-electron chi connectivity index (χ0n) is 18.5. The van der Waals surface area contributed by atoms with E-state index in [2.05, 4.69) is 20.6 Å². The molecule has 1 N–H and O–H groups in total. The Bertz CT molecular complexity index is 1640. The molecule has 3 heterocycles. The first-order valence-corrected chi connectivity index (χ1v) is 11.9. The average molecular weight is 481 g/mol. The lowest BCUT2D eigenvalue weighted by atomic mass is 10.2. The van der Waals surface area contributed by atoms with Crippen LogP contribution in [0.15, 0.2) is 91.3 Å². The lowest BCUT2D eigenvalue weighted by molar-refractivity contribution is 0.0946. The fourth-order valence-corrected chi connectivity index (χ4v) is 4.84. The van der Waals surface area contributed by atoms with Gasteiger partial charge in [0.25, 0.3) is 5.91 Å². The SMILES string of the molecule is O=C(NCc1cn(Cc2cccc(Oc3ccccc3)c2)nn1)c1cn2c(n1)sc1ccccc12. The Kier molecular flexibility index (Phi) is 5.44. The fraction of sp³-hybridized carbons (Fsp3) is 0.0769. The van der Waals surface area contributed by atoms with Gasteiger partial charge in [-0.3, -0.25) is 9.20 Å². The molecule has 3 aromatic heterocycles. The molecule has 0 aliphatic heterocycles. The van der Waals surface area contributed by atoms with E-state index in [4.69, 9.17) is 4.74 Å². The number of aromatic nitrogens is 5. The smallest absolute Gasteiger partial charge is 0.271 e. The van der Waals surface area contributed by atoms with Crippen LogP contribution in [0.1, 0.15) is 21.7 Å². The van der Waals surface area contributed by atoms with E-state index in [-0.39, 0.29) is 12.5 Å². The summed E-state index contributed by atoms with van der Waals surface area (Å²) in [5, 5.41) is 11.3. The maximum absolute atomic E-state index is 12.7. The Balaban J connectivity index is 1.09. The van der Waals surface area contributed by atoms with Crippen LogP contribution in [0.4, 0.5) is 0 Å². The van der Waals surface area contributed by atoms with Crippen molar-refractivity contribution in [3.05, 3.63) is 108 Å². The van der Waals surface area contributed by atoms with Crippen molar-refractivity contribution in [1.29, 1.82) is 0 Å². The number of thiazole rings is 1. The number of hydrogen-bond donors (Lipinski definition) is 1. The van der Waals surface area contributed by atoms with Crippen molar-refractivity contribution >= 4 is 32.4 Å². The lowest BCUT2D eigenvalue weighted by Gasteiger charge is -2.07. The molecular weight excluding hydrogens is 460 g/mol. The number of rotatable bonds is 7. The second kappa shape index (κ2) is 9.03. The third-order valence-corrected chi connectivity index (χ3v) is 6.51. The highest BCUT2D eigenvalue weighted by molar-refractivity contribution is 7.23. The number of para-hydroxylation sites is 2. The molecule has 35 heavy (non-hydrogen) atoms. The number of fused-ring (bicyclic) bond motifs is 3. The van der Waals surface area contributed by atoms with Gasteiger partial charge in [-0.2, -0.15) is 0 Å². The summed E-state index contributed by atoms with van der Waals surface area (Å²) in [6.07, 6.45) is 3.59. The van der Waals surface area contributed by atoms with Gasteiger partial charge in [0.15, 0.2) is 4.96 Å². The Morgan fingerprint density at radius 1 is 0.943 bits per heavy atom. The lowest BCUT2D eigenvalue weighted by Crippen LogP contribution is -2.23. The second-order valence-corrected chi connectivity index (χ2v) is 9.01. The molecular formula is C26H20N6O2S. The van der Waals surface area contributed by atoms with Gasteiger partial charge in [-0.15, -0.1) is 5.10 Å². The quantitative estimate of drug-likeness (QED) is 0.351. The van der Waals surface area contributed by atoms with E-state index in [1.54, 1.807) is 22.2 Å². The van der Waals surface area contributed by atoms with Crippen LogP contribution in [-0.2, 0) is 13.1 Å². The van der Waals surface area contributed by atoms with Gasteiger partial charge in [0.05, 0.1) is 29.5 Å². The van der Waals surface area contributed by atoms with Gasteiger partial charge in [0.2, 0.25) is 0 Å². The molecule has 0 aliphatic carbocycles. The van der Waals surface area contributed by atoms with Crippen molar-refractivity contribution in [3.63, 3.8) is 0 Å². The molecule has 0 atom stereocenters. The number of amides is 1. The average Bonchev–Trinajstić information content (AvgIpc) is 3.58. The normalized spacial score (nSPS) is 11.2. The summed E-state index contributed by atoms with van der Waals surface area (Å²) >= 11 is 1.56. The van der Waals surface area contributed by atoms with Gasteiger partial charge in [0.1, 0.15) is 22.9 Å². The summed E-state index contributed by atoms with van der Waals surface area (Å²) in [6.45, 7) is 0.805. The number of benzene rings is 3. The Morgan fingerprint density at radius 3 is 2.69 bits per heavy atom. The number of hydrogen-bond acceptors (Lipinski definition) is 6. The summed E-state index contributed by atoms with van der Waals surface area (Å²) in [7, 11) is 0. The summed E-state index contributed by atoms with van der Waals surface area (Å²) < 4.78 is 10.7. The first kappa shape index (κ1) is 21.1. The molecule has 0 radical (unpaired) electrons. The van der Waals surface area contributed by atoms with Crippen molar-refractivity contribution in [2.24, 2.45) is 0 Å². The van der Waals surface area contributed by atoms with E-state index in [1.165, 1.54) is 0 Å². The maximum Gasteiger partial charge on any atom is 0.271 e. The van der Waals surface area contributed by atoms with E-state index in [0.29, 0.717) is 17.9 Å². The number of nitrogens with one attached hydrogen (secondary N) is 1. The minimum Gasteiger partial charge on any atom is -0.457 e. The van der Waals surface area contributed by atoms with Gasteiger partial charge in [0, 0.05) is 6.20 Å². The van der Waals surface area contributed by atoms with Crippen LogP contribution in [-0.4, -0.2) is 30.3 Å². The van der Waals surface area contributed by atoms with Crippen molar-refractivity contribution in [2.75, 3.05) is 0 Å². The number of carbonyl (C=O) groups excluding carboxylic acids is 1. The number of imidazole rings is 1. The van der Waals surface area contributed by atoms with Crippen LogP contribution in [0.3, 0.4) is 0 Å². The summed E-state index contributed by atoms with van der Waals surface area (Å²) in [6, 6.07) is 25.5. The molecule has 0 aliphatic rings. The van der Waals surface area contributed by atoms with Gasteiger partial charge >= 0.3 is 0 Å². The van der Waals surface area contributed by atoms with E-state index in [1.807, 2.05) is 89.5 Å². The van der Waals surface area contributed by atoms with Gasteiger partial charge in [-0.25, -0.2) is 9.67 Å². The highest BCUT2D eigenvalue weighted by atomic mass is 32.1. The summed E-state index contributed by atoms with van der Waals surface area (Å²) in [5.74, 6) is 1.30. The largest absolute Gasteiger partial charge is 0.457 e. The van der Waals surface area contributed by atoms with Crippen molar-refractivity contribution < 1.29 is 9.53 Å². The van der Waals surface area contributed by atoms with E-state index in [0.717, 1.165) is 32.2 Å². The van der Waals surface area contributed by atoms with E-state index in [9.17, 15) is 4.79 Å². The number of nitrogens with zero attached hydrogens (tertiary/aromatic N) is 5. The standard InChI is InChI=1S/C26H20N6O2S/c33-25(22-17-32-23-11-4-5-12-24(23)35-26(32)28-22)27-14-19-16-31(30-29-19)15-18-7-6-10-21(13-18)34-20-8-2-1-3-9-20/h1-13,16-17H,14-15H2,(H,27,33). The molecule has 0 bridgehead atoms. The van der Waals surface area contributed by atoms with E-state index < -0.39 is 0 Å². The Hall–Kier alpha value is -4.50. The van der Waals surface area contributed by atoms with Gasteiger partial charge < -0.3 is 10.1 Å². The summed E-state index contributed by atoms with van der Waals surface area (Å²) in [5.41, 5.74) is 3.12. The predicted octanol–water partition coefficient (Wildman–Crippen LogP) is 4.91. The highest BCUT2D eigenvalue weighted by Gasteiger charge is 2.14. The number of carbonyl (C=O) groups is 1. The first-order valence-electron chi connectivity index (χ1n) is 11.1. The molecule has 0 fully saturated rings. The predicted molar refractivity (Wildman–Crippen MR) is 134 cm³/mol. The second-order valence-electron chi connectivity index (χ2n) is 8.00. The first-order chi connectivity index (χ1) is 17.2. The number of ether oxygens (including phenoxy) is 1. The molecule has 9 heteroatoms. The summed E-state index contributed by atoms with van der Waals surface area (Å²) in [4.78, 5) is 17.9. The van der Waals surface area contributed by atoms with Gasteiger partial charge in [-0.1, -0.05) is 59.0 Å². The van der Waals surface area contributed by atoms with E-state index >= 15 is 0 Å². The van der Waals surface area contributed by atoms with Crippen LogP contribution in [0.2, 0.25) is 0 Å². The molecule has 0 unspecified atom stereocenters. The topological polar surface area (TPSA) is 86.3 Å². The maximum atomic E-state index is 12.7. The fourth-order valence-electron chi connectivity index (χ4n) is 3.84. The molecule has 172 valence electrons. The highest BCUT2D eigenvalue weighted by Crippen LogP contribution is 2.26. The molecule has 6 rings (SSSR count). The van der Waals surface area contributed by atoms with Crippen molar-refractivity contribution in [3.8, 4) is 11.5 Å². The minimum atomic E-state index is -0.245. The minimum absolute atomic E-state index is 0.245. The van der Waals surface area contributed by atoms with Crippen molar-refractivity contribution in [1.82, 2.24) is 29.7 Å².